The highest BCUT2D eigenvalue weighted by Gasteiger charge is 2.32. The van der Waals surface area contributed by atoms with Crippen molar-refractivity contribution in [3.05, 3.63) is 70.2 Å². The average Bonchev–Trinajstić information content (AvgIpc) is 2.46. The summed E-state index contributed by atoms with van der Waals surface area (Å²) in [5.74, 6) is 0. The fraction of sp³-hybridized carbons (Fsp3) is 0.250. The van der Waals surface area contributed by atoms with Crippen LogP contribution in [0.15, 0.2) is 48.5 Å². The van der Waals surface area contributed by atoms with E-state index >= 15 is 0 Å². The fourth-order valence-electron chi connectivity index (χ4n) is 2.17. The molecule has 0 unspecified atom stereocenters. The zero-order chi connectivity index (χ0) is 16.3. The maximum absolute atomic E-state index is 12.8. The van der Waals surface area contributed by atoms with Gasteiger partial charge in [-0.2, -0.15) is 13.2 Å². The lowest BCUT2D eigenvalue weighted by Crippen LogP contribution is -2.28. The first-order chi connectivity index (χ1) is 10.3. The van der Waals surface area contributed by atoms with E-state index in [2.05, 4.69) is 0 Å². The summed E-state index contributed by atoms with van der Waals surface area (Å²) in [5.41, 5.74) is 5.98. The molecule has 0 aliphatic heterocycles. The smallest absolute Gasteiger partial charge is 0.391 e. The number of alkyl halides is 3. The lowest BCUT2D eigenvalue weighted by Gasteiger charge is -2.21. The SMILES string of the molecule is Cl.N[C@@H](c1cc(C(F)(F)F)ccc1Cl)[C@H](O)Cc1ccccc1. The molecule has 2 rings (SSSR count). The van der Waals surface area contributed by atoms with E-state index in [4.69, 9.17) is 17.3 Å². The van der Waals surface area contributed by atoms with E-state index < -0.39 is 23.9 Å². The normalized spacial score (nSPS) is 14.0. The Morgan fingerprint density at radius 3 is 2.26 bits per heavy atom. The predicted molar refractivity (Wildman–Crippen MR) is 86.8 cm³/mol. The Balaban J connectivity index is 0.00000264. The van der Waals surface area contributed by atoms with Crippen LogP contribution in [-0.2, 0) is 12.6 Å². The topological polar surface area (TPSA) is 46.2 Å². The van der Waals surface area contributed by atoms with Crippen LogP contribution in [0.3, 0.4) is 0 Å². The molecule has 2 nitrogen and oxygen atoms in total. The van der Waals surface area contributed by atoms with Crippen molar-refractivity contribution >= 4 is 24.0 Å². The quantitative estimate of drug-likeness (QED) is 0.844. The Bertz CT molecular complexity index is 635. The van der Waals surface area contributed by atoms with E-state index in [9.17, 15) is 18.3 Å². The molecule has 0 amide bonds. The number of aliphatic hydroxyl groups excluding tert-OH is 1. The molecular formula is C16H16Cl2F3NO. The number of rotatable bonds is 4. The van der Waals surface area contributed by atoms with Crippen molar-refractivity contribution in [3.63, 3.8) is 0 Å². The van der Waals surface area contributed by atoms with Crippen molar-refractivity contribution in [2.24, 2.45) is 5.73 Å². The van der Waals surface area contributed by atoms with Crippen molar-refractivity contribution in [1.29, 1.82) is 0 Å². The van der Waals surface area contributed by atoms with Gasteiger partial charge in [0.1, 0.15) is 0 Å². The van der Waals surface area contributed by atoms with Crippen LogP contribution in [0.2, 0.25) is 5.02 Å². The molecular weight excluding hydrogens is 350 g/mol. The molecule has 0 radical (unpaired) electrons. The summed E-state index contributed by atoms with van der Waals surface area (Å²) in [5, 5.41) is 10.3. The summed E-state index contributed by atoms with van der Waals surface area (Å²) in [6.45, 7) is 0. The van der Waals surface area contributed by atoms with Crippen LogP contribution in [0.5, 0.6) is 0 Å². The minimum absolute atomic E-state index is 0. The average molecular weight is 366 g/mol. The molecule has 126 valence electrons. The zero-order valence-electron chi connectivity index (χ0n) is 11.9. The first-order valence-electron chi connectivity index (χ1n) is 6.63. The van der Waals surface area contributed by atoms with Crippen molar-refractivity contribution in [3.8, 4) is 0 Å². The summed E-state index contributed by atoms with van der Waals surface area (Å²) in [7, 11) is 0. The second kappa shape index (κ2) is 8.02. The molecule has 2 atom stereocenters. The molecule has 0 aliphatic rings. The maximum atomic E-state index is 12.8. The van der Waals surface area contributed by atoms with Crippen LogP contribution >= 0.6 is 24.0 Å². The van der Waals surface area contributed by atoms with E-state index in [1.807, 2.05) is 30.3 Å². The summed E-state index contributed by atoms with van der Waals surface area (Å²) < 4.78 is 38.3. The van der Waals surface area contributed by atoms with Crippen LogP contribution in [0.4, 0.5) is 13.2 Å². The van der Waals surface area contributed by atoms with Crippen LogP contribution in [0, 0.1) is 0 Å². The second-order valence-electron chi connectivity index (χ2n) is 5.02. The van der Waals surface area contributed by atoms with Gasteiger partial charge in [-0.1, -0.05) is 41.9 Å². The third kappa shape index (κ3) is 5.11. The van der Waals surface area contributed by atoms with Crippen molar-refractivity contribution in [1.82, 2.24) is 0 Å². The fourth-order valence-corrected chi connectivity index (χ4v) is 2.41. The van der Waals surface area contributed by atoms with Gasteiger partial charge < -0.3 is 10.8 Å². The van der Waals surface area contributed by atoms with Gasteiger partial charge in [0, 0.05) is 11.4 Å². The number of benzene rings is 2. The molecule has 7 heteroatoms. The van der Waals surface area contributed by atoms with E-state index in [0.717, 1.165) is 23.8 Å². The molecule has 0 heterocycles. The van der Waals surface area contributed by atoms with E-state index in [0.29, 0.717) is 0 Å². The number of aliphatic hydroxyl groups is 1. The zero-order valence-corrected chi connectivity index (χ0v) is 13.5. The molecule has 0 aliphatic carbocycles. The molecule has 0 saturated heterocycles. The Labute approximate surface area is 143 Å². The highest BCUT2D eigenvalue weighted by atomic mass is 35.5. The standard InChI is InChI=1S/C16H15ClF3NO.ClH/c17-13-7-6-11(16(18,19)20)9-12(13)15(21)14(22)8-10-4-2-1-3-5-10;/h1-7,9,14-15,22H,8,21H2;1H/t14-,15+;/m1./s1. The van der Waals surface area contributed by atoms with Gasteiger partial charge >= 0.3 is 6.18 Å². The Morgan fingerprint density at radius 2 is 1.70 bits per heavy atom. The second-order valence-corrected chi connectivity index (χ2v) is 5.42. The first kappa shape index (κ1) is 19.8. The lowest BCUT2D eigenvalue weighted by atomic mass is 9.95. The molecule has 2 aromatic rings. The Morgan fingerprint density at radius 1 is 1.09 bits per heavy atom. The minimum atomic E-state index is -4.48. The molecule has 0 saturated carbocycles. The predicted octanol–water partition coefficient (Wildman–Crippen LogP) is 4.38. The molecule has 3 N–H and O–H groups in total. The Hall–Kier alpha value is -1.27. The van der Waals surface area contributed by atoms with Gasteiger partial charge in [-0.05, 0) is 29.3 Å². The Kier molecular flexibility index (Phi) is 6.89. The van der Waals surface area contributed by atoms with Crippen LogP contribution in [0.1, 0.15) is 22.7 Å². The highest BCUT2D eigenvalue weighted by molar-refractivity contribution is 6.31. The first-order valence-corrected chi connectivity index (χ1v) is 7.01. The molecule has 0 bridgehead atoms. The van der Waals surface area contributed by atoms with Crippen molar-refractivity contribution in [2.75, 3.05) is 0 Å². The molecule has 0 fully saturated rings. The summed E-state index contributed by atoms with van der Waals surface area (Å²) in [6.07, 6.45) is -5.29. The van der Waals surface area contributed by atoms with Crippen molar-refractivity contribution < 1.29 is 18.3 Å². The monoisotopic (exact) mass is 365 g/mol. The number of halogens is 5. The highest BCUT2D eigenvalue weighted by Crippen LogP contribution is 2.34. The van der Waals surface area contributed by atoms with Crippen molar-refractivity contribution in [2.45, 2.75) is 24.7 Å². The van der Waals surface area contributed by atoms with Crippen LogP contribution in [0.25, 0.3) is 0 Å². The summed E-state index contributed by atoms with van der Waals surface area (Å²) in [4.78, 5) is 0. The molecule has 0 spiro atoms. The van der Waals surface area contributed by atoms with Gasteiger partial charge in [-0.15, -0.1) is 12.4 Å². The number of nitrogens with two attached hydrogens (primary N) is 1. The molecule has 0 aromatic heterocycles. The molecule has 23 heavy (non-hydrogen) atoms. The lowest BCUT2D eigenvalue weighted by molar-refractivity contribution is -0.137. The van der Waals surface area contributed by atoms with Gasteiger partial charge in [0.2, 0.25) is 0 Å². The number of hydrogen-bond acceptors (Lipinski definition) is 2. The van der Waals surface area contributed by atoms with E-state index in [1.54, 1.807) is 0 Å². The summed E-state index contributed by atoms with van der Waals surface area (Å²) >= 11 is 5.93. The van der Waals surface area contributed by atoms with Gasteiger partial charge in [-0.3, -0.25) is 0 Å². The van der Waals surface area contributed by atoms with Crippen LogP contribution in [-0.4, -0.2) is 11.2 Å². The van der Waals surface area contributed by atoms with Gasteiger partial charge in [0.15, 0.2) is 0 Å². The third-order valence-corrected chi connectivity index (χ3v) is 3.73. The largest absolute Gasteiger partial charge is 0.416 e. The van der Waals surface area contributed by atoms with E-state index in [1.165, 1.54) is 0 Å². The minimum Gasteiger partial charge on any atom is -0.391 e. The van der Waals surface area contributed by atoms with E-state index in [-0.39, 0.29) is 29.4 Å². The van der Waals surface area contributed by atoms with Gasteiger partial charge in [0.25, 0.3) is 0 Å². The van der Waals surface area contributed by atoms with Gasteiger partial charge in [0.05, 0.1) is 17.7 Å². The number of hydrogen-bond donors (Lipinski definition) is 2. The van der Waals surface area contributed by atoms with Crippen LogP contribution < -0.4 is 5.73 Å². The maximum Gasteiger partial charge on any atom is 0.416 e. The summed E-state index contributed by atoms with van der Waals surface area (Å²) in [6, 6.07) is 11.0. The molecule has 2 aromatic carbocycles. The van der Waals surface area contributed by atoms with Gasteiger partial charge in [-0.25, -0.2) is 0 Å². The third-order valence-electron chi connectivity index (χ3n) is 3.38.